The first-order valence-electron chi connectivity index (χ1n) is 5.21. The van der Waals surface area contributed by atoms with Crippen LogP contribution in [0.1, 0.15) is 31.7 Å². The summed E-state index contributed by atoms with van der Waals surface area (Å²) in [4.78, 5) is 0. The molecule has 0 spiro atoms. The van der Waals surface area contributed by atoms with Gasteiger partial charge in [0.2, 0.25) is 0 Å². The van der Waals surface area contributed by atoms with Gasteiger partial charge in [-0.3, -0.25) is 0 Å². The van der Waals surface area contributed by atoms with Crippen LogP contribution in [0.15, 0.2) is 18.2 Å². The predicted molar refractivity (Wildman–Crippen MR) is 63.6 cm³/mol. The minimum absolute atomic E-state index is 0.360. The Hall–Kier alpha value is -0.730. The summed E-state index contributed by atoms with van der Waals surface area (Å²) in [6.07, 6.45) is 0.757. The van der Waals surface area contributed by atoms with E-state index in [4.69, 9.17) is 11.6 Å². The lowest BCUT2D eigenvalue weighted by molar-refractivity contribution is 0.0648. The lowest BCUT2D eigenvalue weighted by Crippen LogP contribution is -2.23. The molecule has 0 radical (unpaired) electrons. The Morgan fingerprint density at radius 3 is 2.93 bits per heavy atom. The summed E-state index contributed by atoms with van der Waals surface area (Å²) in [5, 5.41) is 13.9. The van der Waals surface area contributed by atoms with E-state index in [-0.39, 0.29) is 0 Å². The molecule has 82 valence electrons. The SMILES string of the molecule is CC(C)(O)CC1CNc2ccc(Cl)cc21. The summed E-state index contributed by atoms with van der Waals surface area (Å²) >= 11 is 5.97. The van der Waals surface area contributed by atoms with Crippen molar-refractivity contribution in [1.29, 1.82) is 0 Å². The molecule has 1 unspecified atom stereocenters. The average Bonchev–Trinajstić information content (AvgIpc) is 2.46. The van der Waals surface area contributed by atoms with Gasteiger partial charge in [-0.1, -0.05) is 11.6 Å². The summed E-state index contributed by atoms with van der Waals surface area (Å²) in [5.74, 6) is 0.360. The average molecular weight is 226 g/mol. The number of hydrogen-bond acceptors (Lipinski definition) is 2. The predicted octanol–water partition coefficient (Wildman–Crippen LogP) is 3.01. The van der Waals surface area contributed by atoms with E-state index >= 15 is 0 Å². The van der Waals surface area contributed by atoms with E-state index in [1.165, 1.54) is 5.56 Å². The molecule has 0 aromatic heterocycles. The molecule has 0 saturated carbocycles. The summed E-state index contributed by atoms with van der Waals surface area (Å²) in [7, 11) is 0. The van der Waals surface area contributed by atoms with Gasteiger partial charge in [-0.25, -0.2) is 0 Å². The molecule has 0 amide bonds. The number of anilines is 1. The van der Waals surface area contributed by atoms with Gasteiger partial charge < -0.3 is 10.4 Å². The molecule has 2 nitrogen and oxygen atoms in total. The molecule has 0 saturated heterocycles. The lowest BCUT2D eigenvalue weighted by atomic mass is 9.89. The van der Waals surface area contributed by atoms with Crippen LogP contribution >= 0.6 is 11.6 Å². The number of hydrogen-bond donors (Lipinski definition) is 2. The maximum Gasteiger partial charge on any atom is 0.0598 e. The van der Waals surface area contributed by atoms with Crippen LogP contribution in [0, 0.1) is 0 Å². The van der Waals surface area contributed by atoms with E-state index < -0.39 is 5.60 Å². The van der Waals surface area contributed by atoms with E-state index in [0.29, 0.717) is 5.92 Å². The van der Waals surface area contributed by atoms with Crippen LogP contribution in [0.4, 0.5) is 5.69 Å². The highest BCUT2D eigenvalue weighted by Gasteiger charge is 2.27. The summed E-state index contributed by atoms with van der Waals surface area (Å²) in [6, 6.07) is 5.88. The molecule has 0 fully saturated rings. The molecule has 0 bridgehead atoms. The van der Waals surface area contributed by atoms with E-state index in [1.54, 1.807) is 0 Å². The molecule has 1 heterocycles. The highest BCUT2D eigenvalue weighted by atomic mass is 35.5. The Morgan fingerprint density at radius 1 is 1.53 bits per heavy atom. The number of fused-ring (bicyclic) bond motifs is 1. The molecule has 0 aliphatic carbocycles. The van der Waals surface area contributed by atoms with Crippen molar-refractivity contribution in [1.82, 2.24) is 0 Å². The molecular formula is C12H16ClNO. The Kier molecular flexibility index (Phi) is 2.65. The molecule has 1 aromatic rings. The Morgan fingerprint density at radius 2 is 2.27 bits per heavy atom. The molecule has 1 atom stereocenters. The summed E-state index contributed by atoms with van der Waals surface area (Å²) in [6.45, 7) is 4.57. The number of halogens is 1. The summed E-state index contributed by atoms with van der Waals surface area (Å²) < 4.78 is 0. The Balaban J connectivity index is 2.24. The fourth-order valence-electron chi connectivity index (χ4n) is 2.16. The second-order valence-corrected chi connectivity index (χ2v) is 5.26. The van der Waals surface area contributed by atoms with Crippen LogP contribution in [0.2, 0.25) is 5.02 Å². The van der Waals surface area contributed by atoms with Crippen molar-refractivity contribution in [2.75, 3.05) is 11.9 Å². The van der Waals surface area contributed by atoms with Gasteiger partial charge >= 0.3 is 0 Å². The van der Waals surface area contributed by atoms with Crippen LogP contribution in [0.3, 0.4) is 0 Å². The van der Waals surface area contributed by atoms with E-state index in [1.807, 2.05) is 32.0 Å². The molecule has 1 aliphatic rings. The van der Waals surface area contributed by atoms with Crippen molar-refractivity contribution in [3.05, 3.63) is 28.8 Å². The van der Waals surface area contributed by atoms with Crippen molar-refractivity contribution in [2.45, 2.75) is 31.8 Å². The number of nitrogens with one attached hydrogen (secondary N) is 1. The maximum absolute atomic E-state index is 9.81. The van der Waals surface area contributed by atoms with Gasteiger partial charge in [0.15, 0.2) is 0 Å². The third-order valence-corrected chi connectivity index (χ3v) is 2.97. The Labute approximate surface area is 95.3 Å². The molecule has 1 aliphatic heterocycles. The van der Waals surface area contributed by atoms with Crippen molar-refractivity contribution in [3.8, 4) is 0 Å². The van der Waals surface area contributed by atoms with Gasteiger partial charge in [0, 0.05) is 23.2 Å². The van der Waals surface area contributed by atoms with E-state index in [0.717, 1.165) is 23.7 Å². The van der Waals surface area contributed by atoms with Crippen LogP contribution < -0.4 is 5.32 Å². The van der Waals surface area contributed by atoms with Gasteiger partial charge in [-0.05, 0) is 44.0 Å². The number of rotatable bonds is 2. The molecule has 2 rings (SSSR count). The van der Waals surface area contributed by atoms with Crippen molar-refractivity contribution >= 4 is 17.3 Å². The first kappa shape index (κ1) is 10.8. The smallest absolute Gasteiger partial charge is 0.0598 e. The monoisotopic (exact) mass is 225 g/mol. The van der Waals surface area contributed by atoms with Crippen molar-refractivity contribution in [2.24, 2.45) is 0 Å². The fraction of sp³-hybridized carbons (Fsp3) is 0.500. The largest absolute Gasteiger partial charge is 0.390 e. The molecule has 3 heteroatoms. The highest BCUT2D eigenvalue weighted by Crippen LogP contribution is 2.37. The van der Waals surface area contributed by atoms with Gasteiger partial charge in [-0.2, -0.15) is 0 Å². The minimum Gasteiger partial charge on any atom is -0.390 e. The number of benzene rings is 1. The van der Waals surface area contributed by atoms with E-state index in [9.17, 15) is 5.11 Å². The first-order chi connectivity index (χ1) is 6.96. The van der Waals surface area contributed by atoms with E-state index in [2.05, 4.69) is 5.32 Å². The molecule has 1 aromatic carbocycles. The zero-order chi connectivity index (χ0) is 11.1. The third kappa shape index (κ3) is 2.44. The van der Waals surface area contributed by atoms with Crippen LogP contribution in [-0.2, 0) is 0 Å². The first-order valence-corrected chi connectivity index (χ1v) is 5.59. The van der Waals surface area contributed by atoms with Crippen molar-refractivity contribution in [3.63, 3.8) is 0 Å². The maximum atomic E-state index is 9.81. The Bertz CT molecular complexity index is 370. The topological polar surface area (TPSA) is 32.3 Å². The van der Waals surface area contributed by atoms with Gasteiger partial charge in [0.1, 0.15) is 0 Å². The third-order valence-electron chi connectivity index (χ3n) is 2.74. The minimum atomic E-state index is -0.629. The number of aliphatic hydroxyl groups is 1. The fourth-order valence-corrected chi connectivity index (χ4v) is 2.34. The van der Waals surface area contributed by atoms with Crippen LogP contribution in [0.5, 0.6) is 0 Å². The van der Waals surface area contributed by atoms with Gasteiger partial charge in [0.25, 0.3) is 0 Å². The van der Waals surface area contributed by atoms with Gasteiger partial charge in [0.05, 0.1) is 5.60 Å². The second-order valence-electron chi connectivity index (χ2n) is 4.83. The molecule has 2 N–H and O–H groups in total. The normalized spacial score (nSPS) is 19.9. The molecular weight excluding hydrogens is 210 g/mol. The zero-order valence-corrected chi connectivity index (χ0v) is 9.80. The lowest BCUT2D eigenvalue weighted by Gasteiger charge is -2.21. The summed E-state index contributed by atoms with van der Waals surface area (Å²) in [5.41, 5.74) is 1.74. The van der Waals surface area contributed by atoms with Crippen LogP contribution in [0.25, 0.3) is 0 Å². The zero-order valence-electron chi connectivity index (χ0n) is 9.05. The standard InChI is InChI=1S/C12H16ClNO/c1-12(2,15)6-8-7-14-11-4-3-9(13)5-10(8)11/h3-5,8,14-15H,6-7H2,1-2H3. The van der Waals surface area contributed by atoms with Crippen molar-refractivity contribution < 1.29 is 5.11 Å². The quantitative estimate of drug-likeness (QED) is 0.811. The second kappa shape index (κ2) is 3.69. The highest BCUT2D eigenvalue weighted by molar-refractivity contribution is 6.30. The van der Waals surface area contributed by atoms with Gasteiger partial charge in [-0.15, -0.1) is 0 Å². The van der Waals surface area contributed by atoms with Crippen LogP contribution in [-0.4, -0.2) is 17.3 Å². The molecule has 15 heavy (non-hydrogen) atoms.